The summed E-state index contributed by atoms with van der Waals surface area (Å²) in [6, 6.07) is 6.83. The fourth-order valence-electron chi connectivity index (χ4n) is 4.04. The molecule has 29 heavy (non-hydrogen) atoms. The van der Waals surface area contributed by atoms with Crippen LogP contribution in [0, 0.1) is 11.8 Å². The number of aryl methyl sites for hydroxylation is 1. The summed E-state index contributed by atoms with van der Waals surface area (Å²) in [5, 5.41) is 11.2. The zero-order valence-electron chi connectivity index (χ0n) is 17.5. The van der Waals surface area contributed by atoms with E-state index in [0.717, 1.165) is 36.6 Å². The predicted octanol–water partition coefficient (Wildman–Crippen LogP) is 3.38. The summed E-state index contributed by atoms with van der Waals surface area (Å²) in [4.78, 5) is 26.0. The van der Waals surface area contributed by atoms with E-state index in [9.17, 15) is 14.7 Å². The first-order chi connectivity index (χ1) is 13.9. The van der Waals surface area contributed by atoms with Crippen LogP contribution in [0.3, 0.4) is 0 Å². The van der Waals surface area contributed by atoms with Crippen molar-refractivity contribution in [3.05, 3.63) is 40.2 Å². The molecular weight excluding hydrogens is 370 g/mol. The number of hydrogen-bond acceptors (Lipinski definition) is 5. The highest BCUT2D eigenvalue weighted by atomic mass is 16.5. The van der Waals surface area contributed by atoms with E-state index in [0.29, 0.717) is 30.3 Å². The Balaban J connectivity index is 1.55. The van der Waals surface area contributed by atoms with Gasteiger partial charge in [0.2, 0.25) is 0 Å². The van der Waals surface area contributed by atoms with E-state index in [-0.39, 0.29) is 30.2 Å². The maximum atomic E-state index is 12.5. The first-order valence-electron chi connectivity index (χ1n) is 10.5. The molecule has 1 atom stereocenters. The minimum atomic E-state index is -0.384. The summed E-state index contributed by atoms with van der Waals surface area (Å²) in [7, 11) is 0. The minimum absolute atomic E-state index is 0.0532. The molecule has 0 spiro atoms. The lowest BCUT2D eigenvalue weighted by atomic mass is 9.87. The standard InChI is InChI=1S/C23H31NO5/c1-4-16-12-23(27)29-21-13-18(5-6-19(16)21)28-14-22(26)24-9-7-17(8-10-24)20(25)11-15(2)3/h5-6,12-13,15,17,20,25H,4,7-11,14H2,1-3H3. The second kappa shape index (κ2) is 9.44. The van der Waals surface area contributed by atoms with Gasteiger partial charge in [-0.15, -0.1) is 0 Å². The highest BCUT2D eigenvalue weighted by molar-refractivity contribution is 5.82. The summed E-state index contributed by atoms with van der Waals surface area (Å²) in [5.74, 6) is 1.17. The first-order valence-corrected chi connectivity index (χ1v) is 10.5. The number of hydrogen-bond donors (Lipinski definition) is 1. The number of fused-ring (bicyclic) bond motifs is 1. The molecule has 2 aromatic rings. The fraction of sp³-hybridized carbons (Fsp3) is 0.565. The van der Waals surface area contributed by atoms with E-state index < -0.39 is 0 Å². The van der Waals surface area contributed by atoms with Crippen molar-refractivity contribution in [2.24, 2.45) is 11.8 Å². The Morgan fingerprint density at radius 2 is 2.00 bits per heavy atom. The molecular formula is C23H31NO5. The number of aliphatic hydroxyl groups is 1. The summed E-state index contributed by atoms with van der Waals surface area (Å²) in [6.45, 7) is 7.45. The Hall–Kier alpha value is -2.34. The van der Waals surface area contributed by atoms with Crippen LogP contribution >= 0.6 is 0 Å². The van der Waals surface area contributed by atoms with Crippen LogP contribution < -0.4 is 10.4 Å². The van der Waals surface area contributed by atoms with Crippen molar-refractivity contribution in [2.45, 2.75) is 52.6 Å². The molecule has 0 radical (unpaired) electrons. The quantitative estimate of drug-likeness (QED) is 0.720. The van der Waals surface area contributed by atoms with Gasteiger partial charge < -0.3 is 19.2 Å². The Labute approximate surface area is 171 Å². The molecule has 1 unspecified atom stereocenters. The van der Waals surface area contributed by atoms with Crippen molar-refractivity contribution < 1.29 is 19.1 Å². The Kier molecular flexibility index (Phi) is 6.96. The average molecular weight is 402 g/mol. The van der Waals surface area contributed by atoms with Gasteiger partial charge in [0.25, 0.3) is 5.91 Å². The van der Waals surface area contributed by atoms with Crippen LogP contribution in [0.5, 0.6) is 5.75 Å². The van der Waals surface area contributed by atoms with Crippen molar-refractivity contribution in [1.29, 1.82) is 0 Å². The minimum Gasteiger partial charge on any atom is -0.484 e. The molecule has 0 saturated carbocycles. The number of aliphatic hydroxyl groups excluding tert-OH is 1. The van der Waals surface area contributed by atoms with Gasteiger partial charge in [0.1, 0.15) is 11.3 Å². The van der Waals surface area contributed by atoms with Crippen LogP contribution in [0.15, 0.2) is 33.5 Å². The number of likely N-dealkylation sites (tertiary alicyclic amines) is 1. The molecule has 6 heteroatoms. The maximum absolute atomic E-state index is 12.5. The molecule has 2 heterocycles. The molecule has 1 aromatic heterocycles. The average Bonchev–Trinajstić information content (AvgIpc) is 2.70. The molecule has 1 aromatic carbocycles. The van der Waals surface area contributed by atoms with E-state index in [1.54, 1.807) is 17.0 Å². The number of piperidine rings is 1. The van der Waals surface area contributed by atoms with Gasteiger partial charge in [0, 0.05) is 30.6 Å². The molecule has 158 valence electrons. The fourth-order valence-corrected chi connectivity index (χ4v) is 4.04. The van der Waals surface area contributed by atoms with E-state index in [2.05, 4.69) is 13.8 Å². The molecule has 1 N–H and O–H groups in total. The summed E-state index contributed by atoms with van der Waals surface area (Å²) in [5.41, 5.74) is 1.02. The zero-order chi connectivity index (χ0) is 21.0. The van der Waals surface area contributed by atoms with Crippen molar-refractivity contribution in [3.8, 4) is 5.75 Å². The third-order valence-electron chi connectivity index (χ3n) is 5.69. The highest BCUT2D eigenvalue weighted by Gasteiger charge is 2.27. The molecule has 0 bridgehead atoms. The SMILES string of the molecule is CCc1cc(=O)oc2cc(OCC(=O)N3CCC(C(O)CC(C)C)CC3)ccc12. The van der Waals surface area contributed by atoms with Crippen LogP contribution in [0.25, 0.3) is 11.0 Å². The van der Waals surface area contributed by atoms with E-state index >= 15 is 0 Å². The van der Waals surface area contributed by atoms with Crippen LogP contribution in [-0.2, 0) is 11.2 Å². The van der Waals surface area contributed by atoms with Crippen LogP contribution in [0.4, 0.5) is 0 Å². The molecule has 1 aliphatic heterocycles. The zero-order valence-corrected chi connectivity index (χ0v) is 17.5. The smallest absolute Gasteiger partial charge is 0.336 e. The van der Waals surface area contributed by atoms with Gasteiger partial charge in [0.05, 0.1) is 6.10 Å². The lowest BCUT2D eigenvalue weighted by molar-refractivity contribution is -0.135. The molecule has 0 aliphatic carbocycles. The largest absolute Gasteiger partial charge is 0.484 e. The third-order valence-corrected chi connectivity index (χ3v) is 5.69. The number of ether oxygens (including phenoxy) is 1. The Morgan fingerprint density at radius 1 is 1.28 bits per heavy atom. The summed E-state index contributed by atoms with van der Waals surface area (Å²) >= 11 is 0. The number of benzene rings is 1. The number of nitrogens with zero attached hydrogens (tertiary/aromatic N) is 1. The first kappa shape index (κ1) is 21.4. The van der Waals surface area contributed by atoms with Crippen molar-refractivity contribution >= 4 is 16.9 Å². The van der Waals surface area contributed by atoms with Crippen LogP contribution in [0.2, 0.25) is 0 Å². The number of amides is 1. The van der Waals surface area contributed by atoms with E-state index in [1.807, 2.05) is 13.0 Å². The normalized spacial score (nSPS) is 16.4. The molecule has 6 nitrogen and oxygen atoms in total. The van der Waals surface area contributed by atoms with Gasteiger partial charge in [0.15, 0.2) is 6.61 Å². The van der Waals surface area contributed by atoms with Crippen LogP contribution in [0.1, 0.15) is 45.6 Å². The second-order valence-corrected chi connectivity index (χ2v) is 8.31. The Morgan fingerprint density at radius 3 is 2.66 bits per heavy atom. The van der Waals surface area contributed by atoms with E-state index in [4.69, 9.17) is 9.15 Å². The number of carbonyl (C=O) groups excluding carboxylic acids is 1. The summed E-state index contributed by atoms with van der Waals surface area (Å²) < 4.78 is 10.9. The van der Waals surface area contributed by atoms with E-state index in [1.165, 1.54) is 6.07 Å². The Bertz CT molecular complexity index is 896. The van der Waals surface area contributed by atoms with Gasteiger partial charge in [-0.05, 0) is 55.2 Å². The van der Waals surface area contributed by atoms with Gasteiger partial charge in [-0.3, -0.25) is 4.79 Å². The second-order valence-electron chi connectivity index (χ2n) is 8.31. The van der Waals surface area contributed by atoms with Crippen molar-refractivity contribution in [3.63, 3.8) is 0 Å². The van der Waals surface area contributed by atoms with Crippen molar-refractivity contribution in [2.75, 3.05) is 19.7 Å². The summed E-state index contributed by atoms with van der Waals surface area (Å²) in [6.07, 6.45) is 2.90. The van der Waals surface area contributed by atoms with Crippen molar-refractivity contribution in [1.82, 2.24) is 4.90 Å². The van der Waals surface area contributed by atoms with Gasteiger partial charge in [-0.2, -0.15) is 0 Å². The highest BCUT2D eigenvalue weighted by Crippen LogP contribution is 2.25. The topological polar surface area (TPSA) is 80.0 Å². The lowest BCUT2D eigenvalue weighted by Gasteiger charge is -2.34. The molecule has 1 saturated heterocycles. The van der Waals surface area contributed by atoms with Crippen LogP contribution in [-0.4, -0.2) is 41.7 Å². The predicted molar refractivity (Wildman–Crippen MR) is 112 cm³/mol. The van der Waals surface area contributed by atoms with Gasteiger partial charge in [-0.25, -0.2) is 4.79 Å². The third kappa shape index (κ3) is 5.38. The number of rotatable bonds is 7. The number of carbonyl (C=O) groups is 1. The van der Waals surface area contributed by atoms with Gasteiger partial charge >= 0.3 is 5.63 Å². The lowest BCUT2D eigenvalue weighted by Crippen LogP contribution is -2.43. The molecule has 1 amide bonds. The molecule has 1 fully saturated rings. The van der Waals surface area contributed by atoms with Gasteiger partial charge in [-0.1, -0.05) is 20.8 Å². The monoisotopic (exact) mass is 401 g/mol. The molecule has 1 aliphatic rings. The molecule has 3 rings (SSSR count). The maximum Gasteiger partial charge on any atom is 0.336 e.